The Balaban J connectivity index is 1.21. The molecular formula is C26H31F3N4O4. The SMILES string of the molecule is C[C@@H]1CN(C(=O)c2nn(CC(=O)N3CCC(Oc4ccc(F)c(F)c4F)CC3)c3c2CCC3)C[C@H](C)O1. The lowest BCUT2D eigenvalue weighted by Gasteiger charge is -2.35. The van der Waals surface area contributed by atoms with E-state index in [4.69, 9.17) is 9.47 Å². The van der Waals surface area contributed by atoms with Crippen LogP contribution in [-0.2, 0) is 28.9 Å². The van der Waals surface area contributed by atoms with Crippen LogP contribution in [0.4, 0.5) is 13.2 Å². The second kappa shape index (κ2) is 10.4. The highest BCUT2D eigenvalue weighted by atomic mass is 19.2. The molecule has 200 valence electrons. The maximum absolute atomic E-state index is 13.9. The third-order valence-electron chi connectivity index (χ3n) is 7.29. The predicted molar refractivity (Wildman–Crippen MR) is 127 cm³/mol. The Morgan fingerprint density at radius 3 is 2.43 bits per heavy atom. The first-order valence-corrected chi connectivity index (χ1v) is 12.8. The van der Waals surface area contributed by atoms with E-state index in [1.54, 1.807) is 14.5 Å². The molecule has 2 amide bonds. The molecule has 5 rings (SSSR count). The molecule has 0 saturated carbocycles. The number of amides is 2. The smallest absolute Gasteiger partial charge is 0.274 e. The molecule has 1 aromatic carbocycles. The molecule has 37 heavy (non-hydrogen) atoms. The van der Waals surface area contributed by atoms with Crippen molar-refractivity contribution >= 4 is 11.8 Å². The summed E-state index contributed by atoms with van der Waals surface area (Å²) in [5.41, 5.74) is 2.31. The van der Waals surface area contributed by atoms with Crippen LogP contribution in [-0.4, -0.2) is 75.9 Å². The van der Waals surface area contributed by atoms with Gasteiger partial charge in [0, 0.05) is 50.3 Å². The lowest BCUT2D eigenvalue weighted by molar-refractivity contribution is -0.133. The Morgan fingerprint density at radius 1 is 1.03 bits per heavy atom. The Kier molecular flexibility index (Phi) is 7.15. The second-order valence-electron chi connectivity index (χ2n) is 10.1. The highest BCUT2D eigenvalue weighted by Gasteiger charge is 2.34. The van der Waals surface area contributed by atoms with Crippen molar-refractivity contribution in [2.75, 3.05) is 26.2 Å². The second-order valence-corrected chi connectivity index (χ2v) is 10.1. The van der Waals surface area contributed by atoms with E-state index in [0.29, 0.717) is 44.7 Å². The highest BCUT2D eigenvalue weighted by Crippen LogP contribution is 2.28. The molecule has 0 N–H and O–H groups in total. The minimum atomic E-state index is -1.56. The van der Waals surface area contributed by atoms with Crippen LogP contribution in [0.25, 0.3) is 0 Å². The molecule has 0 bridgehead atoms. The van der Waals surface area contributed by atoms with Gasteiger partial charge in [-0.2, -0.15) is 9.49 Å². The number of benzene rings is 1. The molecule has 0 radical (unpaired) electrons. The fourth-order valence-corrected chi connectivity index (χ4v) is 5.54. The van der Waals surface area contributed by atoms with Crippen LogP contribution in [0.2, 0.25) is 0 Å². The van der Waals surface area contributed by atoms with Gasteiger partial charge in [-0.05, 0) is 45.2 Å². The number of carbonyl (C=O) groups excluding carboxylic acids is 2. The first-order valence-electron chi connectivity index (χ1n) is 12.8. The van der Waals surface area contributed by atoms with Gasteiger partial charge < -0.3 is 19.3 Å². The maximum Gasteiger partial charge on any atom is 0.274 e. The third-order valence-corrected chi connectivity index (χ3v) is 7.29. The number of hydrogen-bond acceptors (Lipinski definition) is 5. The standard InChI is InChI=1S/C26H31F3N4O4/c1-15-12-32(13-16(2)36-15)26(35)25-18-4-3-5-20(18)33(30-25)14-22(34)31-10-8-17(9-11-31)37-21-7-6-19(27)23(28)24(21)29/h6-7,15-17H,3-5,8-14H2,1-2H3/t15-,16+. The van der Waals surface area contributed by atoms with Gasteiger partial charge in [-0.3, -0.25) is 14.3 Å². The number of likely N-dealkylation sites (tertiary alicyclic amines) is 1. The van der Waals surface area contributed by atoms with Crippen LogP contribution in [0.3, 0.4) is 0 Å². The van der Waals surface area contributed by atoms with Gasteiger partial charge in [0.25, 0.3) is 5.91 Å². The van der Waals surface area contributed by atoms with Gasteiger partial charge in [0.1, 0.15) is 12.6 Å². The van der Waals surface area contributed by atoms with Crippen molar-refractivity contribution in [3.8, 4) is 5.75 Å². The molecule has 3 aliphatic rings. The number of piperidine rings is 1. The molecule has 1 aromatic heterocycles. The zero-order valence-corrected chi connectivity index (χ0v) is 21.0. The van der Waals surface area contributed by atoms with Crippen molar-refractivity contribution in [1.29, 1.82) is 0 Å². The fourth-order valence-electron chi connectivity index (χ4n) is 5.54. The average Bonchev–Trinajstić information content (AvgIpc) is 3.48. The third kappa shape index (κ3) is 5.18. The molecule has 2 saturated heterocycles. The van der Waals surface area contributed by atoms with E-state index in [2.05, 4.69) is 5.10 Å². The van der Waals surface area contributed by atoms with E-state index in [1.807, 2.05) is 13.8 Å². The van der Waals surface area contributed by atoms with Gasteiger partial charge in [-0.15, -0.1) is 0 Å². The van der Waals surface area contributed by atoms with Crippen molar-refractivity contribution in [1.82, 2.24) is 19.6 Å². The Bertz CT molecular complexity index is 1180. The summed E-state index contributed by atoms with van der Waals surface area (Å²) in [6.07, 6.45) is 2.81. The molecule has 8 nitrogen and oxygen atoms in total. The molecule has 2 aliphatic heterocycles. The molecule has 2 fully saturated rings. The minimum absolute atomic E-state index is 0.0366. The van der Waals surface area contributed by atoms with Crippen molar-refractivity contribution in [2.24, 2.45) is 0 Å². The molecular weight excluding hydrogens is 489 g/mol. The van der Waals surface area contributed by atoms with Crippen LogP contribution < -0.4 is 4.74 Å². The maximum atomic E-state index is 13.9. The van der Waals surface area contributed by atoms with Crippen LogP contribution in [0, 0.1) is 17.5 Å². The van der Waals surface area contributed by atoms with E-state index in [1.165, 1.54) is 0 Å². The molecule has 11 heteroatoms. The van der Waals surface area contributed by atoms with E-state index in [0.717, 1.165) is 42.7 Å². The number of ether oxygens (including phenoxy) is 2. The number of fused-ring (bicyclic) bond motifs is 1. The quantitative estimate of drug-likeness (QED) is 0.567. The van der Waals surface area contributed by atoms with Gasteiger partial charge >= 0.3 is 0 Å². The minimum Gasteiger partial charge on any atom is -0.487 e. The van der Waals surface area contributed by atoms with Gasteiger partial charge in [-0.25, -0.2) is 8.78 Å². The Morgan fingerprint density at radius 2 is 1.73 bits per heavy atom. The molecule has 2 aromatic rings. The van der Waals surface area contributed by atoms with Crippen LogP contribution >= 0.6 is 0 Å². The first-order chi connectivity index (χ1) is 17.7. The molecule has 2 atom stereocenters. The van der Waals surface area contributed by atoms with Crippen LogP contribution in [0.15, 0.2) is 12.1 Å². The number of halogens is 3. The summed E-state index contributed by atoms with van der Waals surface area (Å²) in [7, 11) is 0. The number of morpholine rings is 1. The van der Waals surface area contributed by atoms with Gasteiger partial charge in [0.2, 0.25) is 11.7 Å². The summed E-state index contributed by atoms with van der Waals surface area (Å²) < 4.78 is 53.6. The molecule has 3 heterocycles. The lowest BCUT2D eigenvalue weighted by atomic mass is 10.1. The van der Waals surface area contributed by atoms with Crippen LogP contribution in [0.5, 0.6) is 5.75 Å². The fraction of sp³-hybridized carbons (Fsp3) is 0.577. The summed E-state index contributed by atoms with van der Waals surface area (Å²) in [6.45, 7) is 5.71. The molecule has 1 aliphatic carbocycles. The number of carbonyl (C=O) groups is 2. The van der Waals surface area contributed by atoms with Crippen molar-refractivity contribution in [2.45, 2.75) is 70.8 Å². The number of hydrogen-bond donors (Lipinski definition) is 0. The van der Waals surface area contributed by atoms with Crippen molar-refractivity contribution < 1.29 is 32.2 Å². The average molecular weight is 521 g/mol. The lowest BCUT2D eigenvalue weighted by Crippen LogP contribution is -2.48. The molecule has 0 unspecified atom stereocenters. The number of aromatic nitrogens is 2. The van der Waals surface area contributed by atoms with Gasteiger partial charge in [-0.1, -0.05) is 0 Å². The first kappa shape index (κ1) is 25.6. The summed E-state index contributed by atoms with van der Waals surface area (Å²) in [5, 5.41) is 4.59. The normalized spacial score (nSPS) is 22.3. The summed E-state index contributed by atoms with van der Waals surface area (Å²) in [4.78, 5) is 29.9. The van der Waals surface area contributed by atoms with E-state index < -0.39 is 23.6 Å². The zero-order valence-electron chi connectivity index (χ0n) is 21.0. The molecule has 0 spiro atoms. The Labute approximate surface area is 213 Å². The summed E-state index contributed by atoms with van der Waals surface area (Å²) in [6, 6.07) is 1.90. The summed E-state index contributed by atoms with van der Waals surface area (Å²) >= 11 is 0. The topological polar surface area (TPSA) is 76.9 Å². The summed E-state index contributed by atoms with van der Waals surface area (Å²) in [5.74, 6) is -4.76. The number of nitrogens with zero attached hydrogens (tertiary/aromatic N) is 4. The van der Waals surface area contributed by atoms with Crippen LogP contribution in [0.1, 0.15) is 54.9 Å². The monoisotopic (exact) mass is 520 g/mol. The zero-order chi connectivity index (χ0) is 26.3. The van der Waals surface area contributed by atoms with E-state index >= 15 is 0 Å². The highest BCUT2D eigenvalue weighted by molar-refractivity contribution is 5.94. The largest absolute Gasteiger partial charge is 0.487 e. The van der Waals surface area contributed by atoms with E-state index in [9.17, 15) is 22.8 Å². The number of rotatable bonds is 5. The Hall–Kier alpha value is -3.08. The van der Waals surface area contributed by atoms with Crippen molar-refractivity contribution in [3.63, 3.8) is 0 Å². The van der Waals surface area contributed by atoms with E-state index in [-0.39, 0.29) is 36.3 Å². The predicted octanol–water partition coefficient (Wildman–Crippen LogP) is 3.11. The van der Waals surface area contributed by atoms with Crippen molar-refractivity contribution in [3.05, 3.63) is 46.5 Å². The van der Waals surface area contributed by atoms with Gasteiger partial charge in [0.05, 0.1) is 12.2 Å². The van der Waals surface area contributed by atoms with Gasteiger partial charge in [0.15, 0.2) is 23.1 Å².